The van der Waals surface area contributed by atoms with Gasteiger partial charge in [-0.05, 0) is 45.0 Å². The Balaban J connectivity index is 1.96. The second kappa shape index (κ2) is 9.67. The third kappa shape index (κ3) is 6.09. The van der Waals surface area contributed by atoms with Gasteiger partial charge in [0.25, 0.3) is 0 Å². The largest absolute Gasteiger partial charge is 0.417 e. The molecule has 30 heavy (non-hydrogen) atoms. The smallest absolute Gasteiger partial charge is 0.336 e. The lowest BCUT2D eigenvalue weighted by molar-refractivity contribution is -0.137. The molecule has 1 saturated carbocycles. The summed E-state index contributed by atoms with van der Waals surface area (Å²) >= 11 is 5.57. The number of nitriles is 1. The first kappa shape index (κ1) is 24.0. The fourth-order valence-electron chi connectivity index (χ4n) is 3.34. The molecule has 2 N–H and O–H groups in total. The van der Waals surface area contributed by atoms with E-state index in [2.05, 4.69) is 16.7 Å². The number of carbonyl (C=O) groups excluding carboxylic acids is 2. The fourth-order valence-corrected chi connectivity index (χ4v) is 3.57. The van der Waals surface area contributed by atoms with Crippen LogP contribution in [0.3, 0.4) is 0 Å². The molecule has 0 saturated heterocycles. The van der Waals surface area contributed by atoms with Gasteiger partial charge in [-0.1, -0.05) is 30.9 Å². The molecule has 0 heterocycles. The predicted molar refractivity (Wildman–Crippen MR) is 107 cm³/mol. The van der Waals surface area contributed by atoms with E-state index < -0.39 is 34.3 Å². The molecule has 0 aliphatic heterocycles. The van der Waals surface area contributed by atoms with Gasteiger partial charge in [-0.3, -0.25) is 14.5 Å². The van der Waals surface area contributed by atoms with E-state index in [0.717, 1.165) is 31.4 Å². The van der Waals surface area contributed by atoms with Crippen LogP contribution in [-0.2, 0) is 15.8 Å². The lowest BCUT2D eigenvalue weighted by atomic mass is 9.82. The molecule has 10 heteroatoms. The van der Waals surface area contributed by atoms with Crippen molar-refractivity contribution in [3.05, 3.63) is 28.8 Å². The first-order valence-electron chi connectivity index (χ1n) is 9.57. The Morgan fingerprint density at radius 2 is 1.93 bits per heavy atom. The third-order valence-electron chi connectivity index (χ3n) is 5.27. The average molecular weight is 445 g/mol. The van der Waals surface area contributed by atoms with Crippen LogP contribution in [0.25, 0.3) is 0 Å². The number of rotatable bonds is 6. The van der Waals surface area contributed by atoms with Crippen LogP contribution in [-0.4, -0.2) is 41.9 Å². The average Bonchev–Trinajstić information content (AvgIpc) is 2.68. The molecule has 0 unspecified atom stereocenters. The number of anilines is 1. The Hall–Kier alpha value is -2.31. The van der Waals surface area contributed by atoms with Gasteiger partial charge in [0, 0.05) is 5.69 Å². The Morgan fingerprint density at radius 1 is 1.30 bits per heavy atom. The van der Waals surface area contributed by atoms with Crippen LogP contribution in [0.4, 0.5) is 18.9 Å². The third-order valence-corrected chi connectivity index (χ3v) is 5.60. The Morgan fingerprint density at radius 3 is 2.50 bits per heavy atom. The summed E-state index contributed by atoms with van der Waals surface area (Å²) in [6.45, 7) is 1.37. The Bertz CT molecular complexity index is 832. The van der Waals surface area contributed by atoms with Crippen molar-refractivity contribution < 1.29 is 22.8 Å². The van der Waals surface area contributed by atoms with Gasteiger partial charge in [0.2, 0.25) is 11.8 Å². The summed E-state index contributed by atoms with van der Waals surface area (Å²) in [6.07, 6.45) is -0.718. The maximum Gasteiger partial charge on any atom is 0.417 e. The lowest BCUT2D eigenvalue weighted by Gasteiger charge is -2.34. The number of amides is 2. The van der Waals surface area contributed by atoms with E-state index in [1.807, 2.05) is 0 Å². The molecule has 1 fully saturated rings. The highest BCUT2D eigenvalue weighted by molar-refractivity contribution is 6.31. The van der Waals surface area contributed by atoms with Gasteiger partial charge < -0.3 is 10.6 Å². The summed E-state index contributed by atoms with van der Waals surface area (Å²) < 4.78 is 38.9. The van der Waals surface area contributed by atoms with Crippen LogP contribution in [0.1, 0.15) is 44.6 Å². The number of benzene rings is 1. The number of halogens is 4. The molecule has 2 rings (SSSR count). The molecule has 0 aromatic heterocycles. The predicted octanol–water partition coefficient (Wildman–Crippen LogP) is 3.96. The molecule has 1 aliphatic rings. The highest BCUT2D eigenvalue weighted by Crippen LogP contribution is 2.36. The first-order valence-corrected chi connectivity index (χ1v) is 9.95. The van der Waals surface area contributed by atoms with Crippen molar-refractivity contribution in [3.8, 4) is 6.07 Å². The van der Waals surface area contributed by atoms with Gasteiger partial charge in [0.1, 0.15) is 5.54 Å². The van der Waals surface area contributed by atoms with Crippen LogP contribution < -0.4 is 10.6 Å². The fraction of sp³-hybridized carbons (Fsp3) is 0.550. The maximum atomic E-state index is 13.0. The molecule has 2 amide bonds. The van der Waals surface area contributed by atoms with E-state index in [0.29, 0.717) is 12.8 Å². The zero-order chi connectivity index (χ0) is 22.5. The highest BCUT2D eigenvalue weighted by Gasteiger charge is 2.36. The van der Waals surface area contributed by atoms with Gasteiger partial charge in [-0.25, -0.2) is 0 Å². The Labute approximate surface area is 178 Å². The highest BCUT2D eigenvalue weighted by atomic mass is 35.5. The van der Waals surface area contributed by atoms with Gasteiger partial charge in [0.05, 0.1) is 29.2 Å². The first-order chi connectivity index (χ1) is 14.0. The normalized spacial score (nSPS) is 17.1. The van der Waals surface area contributed by atoms with E-state index in [-0.39, 0.29) is 18.1 Å². The van der Waals surface area contributed by atoms with Gasteiger partial charge in [-0.15, -0.1) is 0 Å². The molecule has 0 spiro atoms. The molecule has 1 aromatic carbocycles. The standard InChI is InChI=1S/C20H24ClF3N4O2/c1-13(18(30)27-19(12-25)8-4-3-5-9-19)28(2)11-17(29)26-14-6-7-16(21)15(10-14)20(22,23)24/h6-7,10,13H,3-5,8-9,11H2,1-2H3,(H,26,29)(H,27,30)/t13-/m0/s1. The topological polar surface area (TPSA) is 85.2 Å². The second-order valence-corrected chi connectivity index (χ2v) is 7.98. The van der Waals surface area contributed by atoms with Gasteiger partial charge in [-0.2, -0.15) is 18.4 Å². The molecule has 6 nitrogen and oxygen atoms in total. The Kier molecular flexibility index (Phi) is 7.72. The van der Waals surface area contributed by atoms with Crippen molar-refractivity contribution in [2.24, 2.45) is 0 Å². The molecular weight excluding hydrogens is 421 g/mol. The zero-order valence-corrected chi connectivity index (χ0v) is 17.5. The van der Waals surface area contributed by atoms with Crippen molar-refractivity contribution >= 4 is 29.1 Å². The number of alkyl halides is 3. The number of hydrogen-bond donors (Lipinski definition) is 2. The molecule has 1 atom stereocenters. The molecule has 0 radical (unpaired) electrons. The lowest BCUT2D eigenvalue weighted by Crippen LogP contribution is -2.55. The molecule has 1 aliphatic carbocycles. The van der Waals surface area contributed by atoms with Crippen molar-refractivity contribution in [3.63, 3.8) is 0 Å². The van der Waals surface area contributed by atoms with Crippen LogP contribution in [0, 0.1) is 11.3 Å². The number of likely N-dealkylation sites (N-methyl/N-ethyl adjacent to an activating group) is 1. The number of nitrogens with one attached hydrogen (secondary N) is 2. The quantitative estimate of drug-likeness (QED) is 0.695. The van der Waals surface area contributed by atoms with E-state index in [9.17, 15) is 28.0 Å². The minimum atomic E-state index is -4.64. The summed E-state index contributed by atoms with van der Waals surface area (Å²) in [6, 6.07) is 4.59. The maximum absolute atomic E-state index is 13.0. The minimum absolute atomic E-state index is 0.0483. The van der Waals surface area contributed by atoms with E-state index in [4.69, 9.17) is 11.6 Å². The van der Waals surface area contributed by atoms with Gasteiger partial charge in [0.15, 0.2) is 0 Å². The van der Waals surface area contributed by atoms with Crippen LogP contribution >= 0.6 is 11.6 Å². The van der Waals surface area contributed by atoms with Crippen LogP contribution in [0.5, 0.6) is 0 Å². The van der Waals surface area contributed by atoms with E-state index >= 15 is 0 Å². The van der Waals surface area contributed by atoms with E-state index in [1.54, 1.807) is 14.0 Å². The summed E-state index contributed by atoms with van der Waals surface area (Å²) in [5.41, 5.74) is -1.98. The van der Waals surface area contributed by atoms with Crippen molar-refractivity contribution in [2.75, 3.05) is 18.9 Å². The van der Waals surface area contributed by atoms with Crippen molar-refractivity contribution in [1.82, 2.24) is 10.2 Å². The SMILES string of the molecule is C[C@@H](C(=O)NC1(C#N)CCCCC1)N(C)CC(=O)Nc1ccc(Cl)c(C(F)(F)F)c1. The number of carbonyl (C=O) groups is 2. The van der Waals surface area contributed by atoms with Crippen LogP contribution in [0.15, 0.2) is 18.2 Å². The number of hydrogen-bond acceptors (Lipinski definition) is 4. The minimum Gasteiger partial charge on any atom is -0.336 e. The second-order valence-electron chi connectivity index (χ2n) is 7.58. The van der Waals surface area contributed by atoms with Crippen molar-refractivity contribution in [1.29, 1.82) is 5.26 Å². The zero-order valence-electron chi connectivity index (χ0n) is 16.8. The summed E-state index contributed by atoms with van der Waals surface area (Å²) in [4.78, 5) is 26.3. The molecule has 0 bridgehead atoms. The van der Waals surface area contributed by atoms with Gasteiger partial charge >= 0.3 is 6.18 Å². The van der Waals surface area contributed by atoms with Crippen molar-refractivity contribution in [2.45, 2.75) is 56.8 Å². The monoisotopic (exact) mass is 444 g/mol. The van der Waals surface area contributed by atoms with Crippen LogP contribution in [0.2, 0.25) is 5.02 Å². The molecule has 164 valence electrons. The molecule has 1 aromatic rings. The summed E-state index contributed by atoms with van der Waals surface area (Å²) in [7, 11) is 1.55. The van der Waals surface area contributed by atoms with E-state index in [1.165, 1.54) is 11.0 Å². The molecular formula is C20H24ClF3N4O2. The number of nitrogens with zero attached hydrogens (tertiary/aromatic N) is 2. The summed E-state index contributed by atoms with van der Waals surface area (Å²) in [5.74, 6) is -0.958. The summed E-state index contributed by atoms with van der Waals surface area (Å²) in [5, 5.41) is 14.2.